The van der Waals surface area contributed by atoms with Gasteiger partial charge in [-0.15, -0.1) is 0 Å². The smallest absolute Gasteiger partial charge is 0.311 e. The van der Waals surface area contributed by atoms with Crippen LogP contribution in [0, 0.1) is 10.8 Å². The number of carboxylic acid groups (broad SMARTS) is 1. The number of nitrogens with two attached hydrogens (primary N) is 1. The molecule has 0 amide bonds. The Hall–Kier alpha value is -0.650. The van der Waals surface area contributed by atoms with E-state index in [0.29, 0.717) is 19.6 Å². The van der Waals surface area contributed by atoms with Crippen LogP contribution in [0.3, 0.4) is 0 Å². The molecule has 0 bridgehead atoms. The second-order valence-corrected chi connectivity index (χ2v) is 4.53. The molecule has 94 valence electrons. The van der Waals surface area contributed by atoms with Gasteiger partial charge in [-0.3, -0.25) is 4.79 Å². The summed E-state index contributed by atoms with van der Waals surface area (Å²) in [6, 6.07) is 0. The molecule has 0 saturated heterocycles. The molecule has 1 aliphatic carbocycles. The standard InChI is InChI=1S/C11H21NO4/c1-15-5-3-10(4-6-16-2)7-11(10,8-12)9(13)14/h3-8,12H2,1-2H3,(H,13,14). The summed E-state index contributed by atoms with van der Waals surface area (Å²) in [6.45, 7) is 1.33. The highest BCUT2D eigenvalue weighted by Crippen LogP contribution is 2.67. The van der Waals surface area contributed by atoms with Crippen molar-refractivity contribution in [1.29, 1.82) is 0 Å². The van der Waals surface area contributed by atoms with Crippen molar-refractivity contribution in [3.05, 3.63) is 0 Å². The largest absolute Gasteiger partial charge is 0.481 e. The van der Waals surface area contributed by atoms with Gasteiger partial charge >= 0.3 is 5.97 Å². The summed E-state index contributed by atoms with van der Waals surface area (Å²) in [5.41, 5.74) is 4.63. The van der Waals surface area contributed by atoms with Crippen LogP contribution in [0.4, 0.5) is 0 Å². The highest BCUT2D eigenvalue weighted by molar-refractivity contribution is 5.80. The van der Waals surface area contributed by atoms with E-state index in [2.05, 4.69) is 0 Å². The molecule has 1 unspecified atom stereocenters. The molecule has 0 aromatic rings. The van der Waals surface area contributed by atoms with Gasteiger partial charge in [0.25, 0.3) is 0 Å². The summed E-state index contributed by atoms with van der Waals surface area (Å²) < 4.78 is 10.1. The zero-order valence-corrected chi connectivity index (χ0v) is 9.99. The van der Waals surface area contributed by atoms with E-state index >= 15 is 0 Å². The van der Waals surface area contributed by atoms with Crippen LogP contribution < -0.4 is 5.73 Å². The lowest BCUT2D eigenvalue weighted by molar-refractivity contribution is -0.144. The van der Waals surface area contributed by atoms with Crippen LogP contribution in [-0.2, 0) is 14.3 Å². The van der Waals surface area contributed by atoms with Crippen molar-refractivity contribution < 1.29 is 19.4 Å². The van der Waals surface area contributed by atoms with Gasteiger partial charge < -0.3 is 20.3 Å². The topological polar surface area (TPSA) is 81.8 Å². The van der Waals surface area contributed by atoms with Gasteiger partial charge in [0.1, 0.15) is 0 Å². The van der Waals surface area contributed by atoms with E-state index in [-0.39, 0.29) is 12.0 Å². The Morgan fingerprint density at radius 2 is 1.81 bits per heavy atom. The van der Waals surface area contributed by atoms with Crippen molar-refractivity contribution in [2.24, 2.45) is 16.6 Å². The van der Waals surface area contributed by atoms with Gasteiger partial charge in [0.15, 0.2) is 0 Å². The molecule has 1 saturated carbocycles. The summed E-state index contributed by atoms with van der Waals surface area (Å²) in [5, 5.41) is 9.28. The zero-order chi connectivity index (χ0) is 12.2. The number of hydrogen-bond donors (Lipinski definition) is 2. The molecule has 1 fully saturated rings. The molecule has 0 aliphatic heterocycles. The number of carbonyl (C=O) groups is 1. The number of methoxy groups -OCH3 is 2. The number of rotatable bonds is 8. The third-order valence-corrected chi connectivity index (χ3v) is 3.86. The third-order valence-electron chi connectivity index (χ3n) is 3.86. The number of aliphatic carboxylic acids is 1. The van der Waals surface area contributed by atoms with Gasteiger partial charge in [-0.25, -0.2) is 0 Å². The fourth-order valence-electron chi connectivity index (χ4n) is 2.59. The van der Waals surface area contributed by atoms with Gasteiger partial charge in [-0.1, -0.05) is 0 Å². The molecular weight excluding hydrogens is 210 g/mol. The Labute approximate surface area is 95.9 Å². The van der Waals surface area contributed by atoms with Crippen LogP contribution in [0.15, 0.2) is 0 Å². The highest BCUT2D eigenvalue weighted by atomic mass is 16.5. The first-order valence-electron chi connectivity index (χ1n) is 5.50. The molecular formula is C11H21NO4. The highest BCUT2D eigenvalue weighted by Gasteiger charge is 2.70. The van der Waals surface area contributed by atoms with E-state index in [1.54, 1.807) is 14.2 Å². The number of hydrogen-bond acceptors (Lipinski definition) is 4. The monoisotopic (exact) mass is 231 g/mol. The Balaban J connectivity index is 2.71. The summed E-state index contributed by atoms with van der Waals surface area (Å²) >= 11 is 0. The molecule has 0 spiro atoms. The number of carboxylic acids is 1. The first-order valence-corrected chi connectivity index (χ1v) is 5.50. The van der Waals surface area contributed by atoms with E-state index in [1.165, 1.54) is 0 Å². The summed E-state index contributed by atoms with van der Waals surface area (Å²) in [7, 11) is 3.24. The van der Waals surface area contributed by atoms with Gasteiger partial charge in [-0.2, -0.15) is 0 Å². The maximum atomic E-state index is 11.3. The van der Waals surface area contributed by atoms with Crippen LogP contribution in [0.25, 0.3) is 0 Å². The number of ether oxygens (including phenoxy) is 2. The van der Waals surface area contributed by atoms with Crippen molar-refractivity contribution in [3.63, 3.8) is 0 Å². The van der Waals surface area contributed by atoms with Crippen molar-refractivity contribution >= 4 is 5.97 Å². The molecule has 3 N–H and O–H groups in total. The van der Waals surface area contributed by atoms with Crippen LogP contribution in [0.1, 0.15) is 19.3 Å². The SMILES string of the molecule is COCCC1(CCOC)CC1(CN)C(=O)O. The molecule has 5 nitrogen and oxygen atoms in total. The zero-order valence-electron chi connectivity index (χ0n) is 9.99. The fraction of sp³-hybridized carbons (Fsp3) is 0.909. The van der Waals surface area contributed by atoms with E-state index in [0.717, 1.165) is 12.8 Å². The lowest BCUT2D eigenvalue weighted by Crippen LogP contribution is -2.32. The lowest BCUT2D eigenvalue weighted by atomic mass is 9.87. The normalized spacial score (nSPS) is 26.7. The molecule has 1 atom stereocenters. The third kappa shape index (κ3) is 2.07. The molecule has 0 heterocycles. The molecule has 0 aromatic heterocycles. The van der Waals surface area contributed by atoms with Crippen molar-refractivity contribution in [2.75, 3.05) is 34.0 Å². The van der Waals surface area contributed by atoms with E-state index in [1.807, 2.05) is 0 Å². The Morgan fingerprint density at radius 3 is 2.06 bits per heavy atom. The fourth-order valence-corrected chi connectivity index (χ4v) is 2.59. The van der Waals surface area contributed by atoms with Gasteiger partial charge in [0.2, 0.25) is 0 Å². The Bertz CT molecular complexity index is 248. The van der Waals surface area contributed by atoms with E-state index in [4.69, 9.17) is 15.2 Å². The molecule has 5 heteroatoms. The Morgan fingerprint density at radius 1 is 1.31 bits per heavy atom. The molecule has 16 heavy (non-hydrogen) atoms. The van der Waals surface area contributed by atoms with Gasteiger partial charge in [0.05, 0.1) is 5.41 Å². The van der Waals surface area contributed by atoms with Crippen LogP contribution in [0.5, 0.6) is 0 Å². The van der Waals surface area contributed by atoms with E-state index in [9.17, 15) is 9.90 Å². The molecule has 0 radical (unpaired) electrons. The maximum Gasteiger partial charge on any atom is 0.311 e. The summed E-state index contributed by atoms with van der Waals surface area (Å²) in [4.78, 5) is 11.3. The minimum atomic E-state index is -0.790. The van der Waals surface area contributed by atoms with Crippen LogP contribution in [0.2, 0.25) is 0 Å². The van der Waals surface area contributed by atoms with Crippen LogP contribution in [-0.4, -0.2) is 45.1 Å². The average Bonchev–Trinajstić information content (AvgIpc) is 2.94. The minimum absolute atomic E-state index is 0.190. The quantitative estimate of drug-likeness (QED) is 0.635. The van der Waals surface area contributed by atoms with Crippen molar-refractivity contribution in [3.8, 4) is 0 Å². The predicted molar refractivity (Wildman–Crippen MR) is 59.2 cm³/mol. The van der Waals surface area contributed by atoms with Gasteiger partial charge in [-0.05, 0) is 24.7 Å². The Kier molecular flexibility index (Phi) is 4.29. The van der Waals surface area contributed by atoms with Gasteiger partial charge in [0, 0.05) is 34.0 Å². The summed E-state index contributed by atoms with van der Waals surface area (Å²) in [5.74, 6) is -0.790. The lowest BCUT2D eigenvalue weighted by Gasteiger charge is -2.21. The van der Waals surface area contributed by atoms with Crippen molar-refractivity contribution in [2.45, 2.75) is 19.3 Å². The minimum Gasteiger partial charge on any atom is -0.481 e. The molecule has 1 aliphatic rings. The maximum absolute atomic E-state index is 11.3. The van der Waals surface area contributed by atoms with Crippen LogP contribution >= 0.6 is 0 Å². The molecule has 1 rings (SSSR count). The summed E-state index contributed by atoms with van der Waals surface area (Å²) in [6.07, 6.45) is 2.10. The first-order chi connectivity index (χ1) is 7.58. The second-order valence-electron chi connectivity index (χ2n) is 4.53. The first kappa shape index (κ1) is 13.4. The second kappa shape index (κ2) is 5.12. The predicted octanol–water partition coefficient (Wildman–Crippen LogP) is 0.479. The van der Waals surface area contributed by atoms with E-state index < -0.39 is 11.4 Å². The average molecular weight is 231 g/mol. The van der Waals surface area contributed by atoms with Crippen molar-refractivity contribution in [1.82, 2.24) is 0 Å². The molecule has 0 aromatic carbocycles.